The van der Waals surface area contributed by atoms with Crippen molar-refractivity contribution in [1.29, 1.82) is 0 Å². The average Bonchev–Trinajstić information content (AvgIpc) is 1.86. The molecule has 59 valence electrons. The van der Waals surface area contributed by atoms with Crippen LogP contribution in [0.15, 0.2) is 18.3 Å². The Kier molecular flexibility index (Phi) is 1.72. The lowest BCUT2D eigenvalue weighted by molar-refractivity contribution is -0.137. The summed E-state index contributed by atoms with van der Waals surface area (Å²) in [7, 11) is 0. The van der Waals surface area contributed by atoms with Gasteiger partial charge in [0.25, 0.3) is 0 Å². The molecule has 0 aromatic carbocycles. The molecular formula is C6H4F3N2. The molecule has 2 nitrogen and oxygen atoms in total. The number of nitrogens with zero attached hydrogens (tertiary/aromatic N) is 1. The largest absolute Gasteiger partial charge is 0.417 e. The highest BCUT2D eigenvalue weighted by molar-refractivity contribution is 5.26. The van der Waals surface area contributed by atoms with Crippen molar-refractivity contribution in [1.82, 2.24) is 10.7 Å². The molecular weight excluding hydrogens is 157 g/mol. The van der Waals surface area contributed by atoms with Crippen molar-refractivity contribution in [3.8, 4) is 0 Å². The van der Waals surface area contributed by atoms with Gasteiger partial charge < -0.3 is 0 Å². The van der Waals surface area contributed by atoms with Crippen LogP contribution in [0.1, 0.15) is 5.56 Å². The lowest BCUT2D eigenvalue weighted by Crippen LogP contribution is -2.04. The van der Waals surface area contributed by atoms with E-state index in [0.717, 1.165) is 12.1 Å². The minimum atomic E-state index is -4.36. The van der Waals surface area contributed by atoms with Crippen LogP contribution in [0.25, 0.3) is 0 Å². The SMILES string of the molecule is [NH]c1ccc(C(F)(F)F)cn1. The molecule has 0 aliphatic rings. The molecule has 0 aliphatic heterocycles. The van der Waals surface area contributed by atoms with Crippen LogP contribution in [0.3, 0.4) is 0 Å². The number of halogens is 3. The molecule has 0 bridgehead atoms. The second-order valence-electron chi connectivity index (χ2n) is 1.93. The fourth-order valence-corrected chi connectivity index (χ4v) is 0.562. The Morgan fingerprint density at radius 2 is 1.91 bits per heavy atom. The molecule has 0 spiro atoms. The number of alkyl halides is 3. The van der Waals surface area contributed by atoms with Gasteiger partial charge in [-0.15, -0.1) is 0 Å². The third-order valence-electron chi connectivity index (χ3n) is 1.09. The van der Waals surface area contributed by atoms with Gasteiger partial charge in [0.05, 0.1) is 5.56 Å². The van der Waals surface area contributed by atoms with Gasteiger partial charge in [-0.1, -0.05) is 0 Å². The van der Waals surface area contributed by atoms with E-state index < -0.39 is 11.7 Å². The molecule has 1 aromatic heterocycles. The lowest BCUT2D eigenvalue weighted by atomic mass is 10.3. The summed E-state index contributed by atoms with van der Waals surface area (Å²) in [6.45, 7) is 0. The summed E-state index contributed by atoms with van der Waals surface area (Å²) in [4.78, 5) is 3.19. The Morgan fingerprint density at radius 1 is 1.27 bits per heavy atom. The summed E-state index contributed by atoms with van der Waals surface area (Å²) in [6.07, 6.45) is -3.72. The number of nitrogens with one attached hydrogen (secondary N) is 1. The summed E-state index contributed by atoms with van der Waals surface area (Å²) in [5, 5.41) is 0. The highest BCUT2D eigenvalue weighted by Crippen LogP contribution is 2.28. The standard InChI is InChI=1S/C6H4F3N2/c7-6(8,9)4-1-2-5(10)11-3-4/h1-3,10H. The monoisotopic (exact) mass is 161 g/mol. The molecule has 0 atom stereocenters. The van der Waals surface area contributed by atoms with E-state index in [1.807, 2.05) is 0 Å². The molecule has 0 unspecified atom stereocenters. The topological polar surface area (TPSA) is 36.7 Å². The highest BCUT2D eigenvalue weighted by Gasteiger charge is 2.30. The molecule has 0 aliphatic carbocycles. The minimum Gasteiger partial charge on any atom is -0.283 e. The maximum atomic E-state index is 11.8. The van der Waals surface area contributed by atoms with Gasteiger partial charge in [0.2, 0.25) is 0 Å². The van der Waals surface area contributed by atoms with Gasteiger partial charge >= 0.3 is 6.18 Å². The third kappa shape index (κ3) is 1.83. The number of hydrogen-bond donors (Lipinski definition) is 0. The predicted octanol–water partition coefficient (Wildman–Crippen LogP) is 2.01. The fourth-order valence-electron chi connectivity index (χ4n) is 0.562. The number of aromatic nitrogens is 1. The van der Waals surface area contributed by atoms with Gasteiger partial charge in [-0.05, 0) is 12.1 Å². The van der Waals surface area contributed by atoms with E-state index in [-0.39, 0.29) is 5.82 Å². The van der Waals surface area contributed by atoms with Crippen molar-refractivity contribution in [2.45, 2.75) is 6.18 Å². The van der Waals surface area contributed by atoms with Crippen molar-refractivity contribution < 1.29 is 13.2 Å². The molecule has 0 saturated carbocycles. The van der Waals surface area contributed by atoms with Crippen molar-refractivity contribution in [2.24, 2.45) is 0 Å². The van der Waals surface area contributed by atoms with Gasteiger partial charge in [-0.3, -0.25) is 5.73 Å². The Bertz CT molecular complexity index is 239. The van der Waals surface area contributed by atoms with E-state index in [0.29, 0.717) is 6.20 Å². The van der Waals surface area contributed by atoms with Crippen LogP contribution in [0.2, 0.25) is 0 Å². The van der Waals surface area contributed by atoms with Crippen molar-refractivity contribution in [3.63, 3.8) is 0 Å². The Morgan fingerprint density at radius 3 is 2.27 bits per heavy atom. The van der Waals surface area contributed by atoms with Gasteiger partial charge in [-0.2, -0.15) is 13.2 Å². The smallest absolute Gasteiger partial charge is 0.283 e. The van der Waals surface area contributed by atoms with E-state index in [1.165, 1.54) is 0 Å². The quantitative estimate of drug-likeness (QED) is 0.573. The van der Waals surface area contributed by atoms with Crippen LogP contribution in [0, 0.1) is 0 Å². The molecule has 1 N–H and O–H groups in total. The molecule has 11 heavy (non-hydrogen) atoms. The summed E-state index contributed by atoms with van der Waals surface area (Å²) in [6, 6.07) is 1.83. The molecule has 1 rings (SSSR count). The zero-order valence-corrected chi connectivity index (χ0v) is 5.31. The molecule has 1 radical (unpaired) electrons. The maximum Gasteiger partial charge on any atom is 0.417 e. The first kappa shape index (κ1) is 7.84. The third-order valence-corrected chi connectivity index (χ3v) is 1.09. The van der Waals surface area contributed by atoms with Crippen molar-refractivity contribution >= 4 is 5.82 Å². The minimum absolute atomic E-state index is 0.169. The van der Waals surface area contributed by atoms with E-state index in [2.05, 4.69) is 4.98 Å². The highest BCUT2D eigenvalue weighted by atomic mass is 19.4. The van der Waals surface area contributed by atoms with Gasteiger partial charge in [0.15, 0.2) is 0 Å². The van der Waals surface area contributed by atoms with Gasteiger partial charge in [0.1, 0.15) is 5.82 Å². The van der Waals surface area contributed by atoms with Crippen molar-refractivity contribution in [2.75, 3.05) is 0 Å². The van der Waals surface area contributed by atoms with Crippen LogP contribution in [0.4, 0.5) is 19.0 Å². The molecule has 5 heteroatoms. The Hall–Kier alpha value is -1.26. The molecule has 1 heterocycles. The first-order valence-electron chi connectivity index (χ1n) is 2.75. The molecule has 1 aromatic rings. The van der Waals surface area contributed by atoms with E-state index in [9.17, 15) is 13.2 Å². The summed E-state index contributed by atoms with van der Waals surface area (Å²) in [5.41, 5.74) is 5.99. The first-order chi connectivity index (χ1) is 5.00. The lowest BCUT2D eigenvalue weighted by Gasteiger charge is -2.04. The van der Waals surface area contributed by atoms with Gasteiger partial charge in [-0.25, -0.2) is 4.98 Å². The average molecular weight is 161 g/mol. The summed E-state index contributed by atoms with van der Waals surface area (Å²) >= 11 is 0. The zero-order valence-electron chi connectivity index (χ0n) is 5.31. The van der Waals surface area contributed by atoms with E-state index >= 15 is 0 Å². The first-order valence-corrected chi connectivity index (χ1v) is 2.75. The van der Waals surface area contributed by atoms with Crippen LogP contribution in [-0.2, 0) is 6.18 Å². The van der Waals surface area contributed by atoms with Gasteiger partial charge in [0, 0.05) is 6.20 Å². The normalized spacial score (nSPS) is 11.5. The summed E-state index contributed by atoms with van der Waals surface area (Å²) < 4.78 is 35.5. The van der Waals surface area contributed by atoms with Crippen LogP contribution in [-0.4, -0.2) is 4.98 Å². The maximum absolute atomic E-state index is 11.8. The van der Waals surface area contributed by atoms with Crippen LogP contribution >= 0.6 is 0 Å². The second kappa shape index (κ2) is 2.41. The van der Waals surface area contributed by atoms with E-state index in [1.54, 1.807) is 0 Å². The molecule has 0 saturated heterocycles. The van der Waals surface area contributed by atoms with Crippen molar-refractivity contribution in [3.05, 3.63) is 23.9 Å². The predicted molar refractivity (Wildman–Crippen MR) is 32.0 cm³/mol. The zero-order chi connectivity index (χ0) is 8.48. The molecule has 0 fully saturated rings. The number of rotatable bonds is 0. The van der Waals surface area contributed by atoms with E-state index in [4.69, 9.17) is 5.73 Å². The van der Waals surface area contributed by atoms with Crippen LogP contribution in [0.5, 0.6) is 0 Å². The second-order valence-corrected chi connectivity index (χ2v) is 1.93. The Labute approximate surface area is 60.9 Å². The fraction of sp³-hybridized carbons (Fsp3) is 0.167. The van der Waals surface area contributed by atoms with Crippen LogP contribution < -0.4 is 5.73 Å². The number of hydrogen-bond acceptors (Lipinski definition) is 1. The summed E-state index contributed by atoms with van der Waals surface area (Å²) in [5.74, 6) is -0.169. The molecule has 0 amide bonds. The Balaban J connectivity index is 2.99. The number of pyridine rings is 1.